The van der Waals surface area contributed by atoms with Crippen molar-refractivity contribution in [2.45, 2.75) is 27.4 Å². The van der Waals surface area contributed by atoms with Gasteiger partial charge >= 0.3 is 0 Å². The lowest BCUT2D eigenvalue weighted by atomic mass is 10.2. The van der Waals surface area contributed by atoms with Crippen molar-refractivity contribution < 1.29 is 19.3 Å². The van der Waals surface area contributed by atoms with Crippen LogP contribution in [-0.2, 0) is 6.61 Å². The fourth-order valence-electron chi connectivity index (χ4n) is 2.83. The summed E-state index contributed by atoms with van der Waals surface area (Å²) < 4.78 is 17.2. The topological polar surface area (TPSA) is 99.2 Å². The van der Waals surface area contributed by atoms with Gasteiger partial charge in [0.2, 0.25) is 5.88 Å². The van der Waals surface area contributed by atoms with Crippen molar-refractivity contribution in [2.75, 3.05) is 6.61 Å². The Morgan fingerprint density at radius 2 is 1.90 bits per heavy atom. The molecule has 3 N–H and O–H groups in total. The van der Waals surface area contributed by atoms with Gasteiger partial charge < -0.3 is 25.2 Å². The standard InChI is InChI=1S/C23H25N3O4/c1-4-28-21-9-8-20(15(2)23(21)27)29-14-17-6-5-7-19(12-17)30-22-13-18(10-11-25-22)16(3)26-24/h5-13,27H,4,14,24H2,1-3H3/b26-16+. The Bertz CT molecular complexity index is 1050. The highest BCUT2D eigenvalue weighted by atomic mass is 16.5. The molecule has 0 bridgehead atoms. The Morgan fingerprint density at radius 3 is 2.67 bits per heavy atom. The second kappa shape index (κ2) is 9.65. The van der Waals surface area contributed by atoms with Gasteiger partial charge in [-0.2, -0.15) is 5.10 Å². The summed E-state index contributed by atoms with van der Waals surface area (Å²) in [6.45, 7) is 6.27. The maximum atomic E-state index is 10.2. The lowest BCUT2D eigenvalue weighted by molar-refractivity contribution is 0.293. The lowest BCUT2D eigenvalue weighted by Crippen LogP contribution is -2.00. The van der Waals surface area contributed by atoms with Gasteiger partial charge in [-0.1, -0.05) is 12.1 Å². The first-order valence-corrected chi connectivity index (χ1v) is 9.57. The summed E-state index contributed by atoms with van der Waals surface area (Å²) in [5, 5.41) is 13.9. The van der Waals surface area contributed by atoms with Crippen LogP contribution in [0.3, 0.4) is 0 Å². The summed E-state index contributed by atoms with van der Waals surface area (Å²) in [5.74, 6) is 7.55. The number of ether oxygens (including phenoxy) is 3. The van der Waals surface area contributed by atoms with Gasteiger partial charge in [-0.3, -0.25) is 0 Å². The molecular formula is C23H25N3O4. The summed E-state index contributed by atoms with van der Waals surface area (Å²) in [6, 6.07) is 14.6. The number of benzene rings is 2. The van der Waals surface area contributed by atoms with E-state index in [9.17, 15) is 5.11 Å². The maximum Gasteiger partial charge on any atom is 0.219 e. The molecule has 3 rings (SSSR count). The Balaban J connectivity index is 1.70. The highest BCUT2D eigenvalue weighted by Crippen LogP contribution is 2.36. The SMILES string of the molecule is CCOc1ccc(OCc2cccc(Oc3cc(/C(C)=N/N)ccn3)c2)c(C)c1O. The van der Waals surface area contributed by atoms with Gasteiger partial charge in [-0.05, 0) is 56.7 Å². The molecule has 0 aliphatic carbocycles. The number of phenolic OH excluding ortho intramolecular Hbond substituents is 1. The fraction of sp³-hybridized carbons (Fsp3) is 0.217. The number of rotatable bonds is 8. The Hall–Kier alpha value is -3.74. The minimum absolute atomic E-state index is 0.0914. The number of phenols is 1. The zero-order valence-electron chi connectivity index (χ0n) is 17.3. The van der Waals surface area contributed by atoms with Gasteiger partial charge in [0.1, 0.15) is 18.1 Å². The predicted molar refractivity (Wildman–Crippen MR) is 115 cm³/mol. The molecule has 30 heavy (non-hydrogen) atoms. The van der Waals surface area contributed by atoms with Crippen LogP contribution in [0.15, 0.2) is 59.8 Å². The first-order valence-electron chi connectivity index (χ1n) is 9.57. The molecule has 7 nitrogen and oxygen atoms in total. The number of nitrogens with zero attached hydrogens (tertiary/aromatic N) is 2. The van der Waals surface area contributed by atoms with Crippen LogP contribution in [0.5, 0.6) is 28.9 Å². The van der Waals surface area contributed by atoms with Gasteiger partial charge in [0.15, 0.2) is 11.5 Å². The fourth-order valence-corrected chi connectivity index (χ4v) is 2.83. The van der Waals surface area contributed by atoms with E-state index in [0.717, 1.165) is 11.1 Å². The van der Waals surface area contributed by atoms with Crippen LogP contribution < -0.4 is 20.1 Å². The van der Waals surface area contributed by atoms with E-state index in [1.165, 1.54) is 0 Å². The number of hydrazone groups is 1. The van der Waals surface area contributed by atoms with Crippen molar-refractivity contribution >= 4 is 5.71 Å². The molecule has 0 radical (unpaired) electrons. The van der Waals surface area contributed by atoms with Gasteiger partial charge in [-0.25, -0.2) is 4.98 Å². The minimum Gasteiger partial charge on any atom is -0.504 e. The van der Waals surface area contributed by atoms with Gasteiger partial charge in [0.05, 0.1) is 12.3 Å². The normalized spacial score (nSPS) is 11.2. The smallest absolute Gasteiger partial charge is 0.219 e. The van der Waals surface area contributed by atoms with E-state index >= 15 is 0 Å². The second-order valence-electron chi connectivity index (χ2n) is 6.60. The molecule has 0 aliphatic heterocycles. The first kappa shape index (κ1) is 21.0. The highest BCUT2D eigenvalue weighted by molar-refractivity contribution is 5.98. The van der Waals surface area contributed by atoms with Crippen molar-refractivity contribution in [2.24, 2.45) is 10.9 Å². The Labute approximate surface area is 175 Å². The minimum atomic E-state index is 0.0914. The highest BCUT2D eigenvalue weighted by Gasteiger charge is 2.11. The van der Waals surface area contributed by atoms with Crippen LogP contribution >= 0.6 is 0 Å². The van der Waals surface area contributed by atoms with E-state index < -0.39 is 0 Å². The second-order valence-corrected chi connectivity index (χ2v) is 6.60. The number of nitrogens with two attached hydrogens (primary N) is 1. The average Bonchev–Trinajstić information content (AvgIpc) is 2.76. The molecule has 0 atom stereocenters. The van der Waals surface area contributed by atoms with Crippen molar-refractivity contribution in [3.8, 4) is 28.9 Å². The molecule has 3 aromatic rings. The molecular weight excluding hydrogens is 382 g/mol. The number of hydrogen-bond donors (Lipinski definition) is 2. The molecule has 2 aromatic carbocycles. The van der Waals surface area contributed by atoms with Crippen LogP contribution in [-0.4, -0.2) is 22.4 Å². The summed E-state index contributed by atoms with van der Waals surface area (Å²) in [4.78, 5) is 4.23. The molecule has 0 fully saturated rings. The number of aromatic nitrogens is 1. The summed E-state index contributed by atoms with van der Waals surface area (Å²) in [7, 11) is 0. The van der Waals surface area contributed by atoms with E-state index in [1.807, 2.05) is 44.2 Å². The van der Waals surface area contributed by atoms with E-state index in [0.29, 0.717) is 47.6 Å². The molecule has 0 saturated carbocycles. The molecule has 0 unspecified atom stereocenters. The molecule has 7 heteroatoms. The Kier molecular flexibility index (Phi) is 6.75. The van der Waals surface area contributed by atoms with Gasteiger partial charge in [-0.15, -0.1) is 0 Å². The largest absolute Gasteiger partial charge is 0.504 e. The number of aromatic hydroxyl groups is 1. The van der Waals surface area contributed by atoms with E-state index in [4.69, 9.17) is 20.1 Å². The number of hydrogen-bond acceptors (Lipinski definition) is 7. The van der Waals surface area contributed by atoms with Crippen molar-refractivity contribution in [1.29, 1.82) is 0 Å². The first-order chi connectivity index (χ1) is 14.5. The summed E-state index contributed by atoms with van der Waals surface area (Å²) in [5.41, 5.74) is 3.08. The zero-order valence-corrected chi connectivity index (χ0v) is 17.3. The van der Waals surface area contributed by atoms with Crippen LogP contribution in [0.4, 0.5) is 0 Å². The van der Waals surface area contributed by atoms with Crippen LogP contribution in [0.2, 0.25) is 0 Å². The van der Waals surface area contributed by atoms with Gasteiger partial charge in [0.25, 0.3) is 0 Å². The third kappa shape index (κ3) is 5.00. The van der Waals surface area contributed by atoms with Crippen molar-refractivity contribution in [3.63, 3.8) is 0 Å². The van der Waals surface area contributed by atoms with Crippen molar-refractivity contribution in [1.82, 2.24) is 4.98 Å². The molecule has 0 spiro atoms. The number of pyridine rings is 1. The average molecular weight is 407 g/mol. The van der Waals surface area contributed by atoms with Crippen molar-refractivity contribution in [3.05, 3.63) is 71.4 Å². The summed E-state index contributed by atoms with van der Waals surface area (Å²) >= 11 is 0. The third-order valence-corrected chi connectivity index (χ3v) is 4.51. The van der Waals surface area contributed by atoms with Crippen LogP contribution in [0.1, 0.15) is 30.5 Å². The molecule has 0 saturated heterocycles. The molecule has 156 valence electrons. The quantitative estimate of drug-likeness (QED) is 0.323. The van der Waals surface area contributed by atoms with Gasteiger partial charge in [0, 0.05) is 23.4 Å². The predicted octanol–water partition coefficient (Wildman–Crippen LogP) is 4.55. The third-order valence-electron chi connectivity index (χ3n) is 4.51. The van der Waals surface area contributed by atoms with Crippen LogP contribution in [0.25, 0.3) is 0 Å². The molecule has 1 aromatic heterocycles. The Morgan fingerprint density at radius 1 is 1.10 bits per heavy atom. The monoisotopic (exact) mass is 407 g/mol. The van der Waals surface area contributed by atoms with E-state index in [1.54, 1.807) is 31.3 Å². The summed E-state index contributed by atoms with van der Waals surface area (Å²) in [6.07, 6.45) is 1.65. The molecule has 0 aliphatic rings. The maximum absolute atomic E-state index is 10.2. The molecule has 1 heterocycles. The van der Waals surface area contributed by atoms with Crippen LogP contribution in [0, 0.1) is 6.92 Å². The zero-order chi connectivity index (χ0) is 21.5. The van der Waals surface area contributed by atoms with E-state index in [2.05, 4.69) is 10.1 Å². The molecule has 0 amide bonds. The lowest BCUT2D eigenvalue weighted by Gasteiger charge is -2.14. The van der Waals surface area contributed by atoms with E-state index in [-0.39, 0.29) is 5.75 Å².